The summed E-state index contributed by atoms with van der Waals surface area (Å²) in [6, 6.07) is 0. The maximum atomic E-state index is 2.32. The largest absolute Gasteiger partial charge is 0.0731 e. The molecule has 0 rings (SSSR count). The van der Waals surface area contributed by atoms with E-state index in [1.165, 1.54) is 12.8 Å². The summed E-state index contributed by atoms with van der Waals surface area (Å²) >= 11 is 0. The van der Waals surface area contributed by atoms with E-state index in [4.69, 9.17) is 0 Å². The minimum Gasteiger partial charge on any atom is -0.0731 e. The van der Waals surface area contributed by atoms with Gasteiger partial charge in [-0.05, 0) is 11.5 Å². The van der Waals surface area contributed by atoms with Crippen LogP contribution in [0, 0.1) is 5.92 Å². The molecule has 0 aromatic heterocycles. The summed E-state index contributed by atoms with van der Waals surface area (Å²) in [5.74, 6) is 0.891. The fourth-order valence-corrected chi connectivity index (χ4v) is 2.17. The zero-order valence-corrected chi connectivity index (χ0v) is 8.07. The van der Waals surface area contributed by atoms with Gasteiger partial charge in [0.2, 0.25) is 0 Å². The van der Waals surface area contributed by atoms with Gasteiger partial charge in [0.1, 0.15) is 0 Å². The van der Waals surface area contributed by atoms with E-state index in [2.05, 4.69) is 27.3 Å². The Bertz CT molecular complexity index is 55.6. The van der Waals surface area contributed by atoms with Crippen LogP contribution in [0.2, 0.25) is 12.1 Å². The highest BCUT2D eigenvalue weighted by Crippen LogP contribution is 2.19. The molecule has 0 aliphatic carbocycles. The predicted molar refractivity (Wildman–Crippen MR) is 45.1 cm³/mol. The third kappa shape index (κ3) is 4.70. The number of hydrogen-bond donors (Lipinski definition) is 0. The molecule has 0 nitrogen and oxygen atoms in total. The Labute approximate surface area is 61.9 Å². The molecule has 0 saturated heterocycles. The lowest BCUT2D eigenvalue weighted by Gasteiger charge is -2.13. The van der Waals surface area contributed by atoms with Crippen molar-refractivity contribution < 1.29 is 0 Å². The van der Waals surface area contributed by atoms with Gasteiger partial charge in [-0.15, -0.1) is 0 Å². The molecule has 1 atom stereocenters. The van der Waals surface area contributed by atoms with Gasteiger partial charge < -0.3 is 0 Å². The molecule has 0 spiro atoms. The maximum Gasteiger partial charge on any atom is 0.0378 e. The molecule has 1 heteroatoms. The smallest absolute Gasteiger partial charge is 0.0378 e. The molecule has 54 valence electrons. The van der Waals surface area contributed by atoms with Crippen LogP contribution in [0.25, 0.3) is 0 Å². The summed E-state index contributed by atoms with van der Waals surface area (Å²) in [5.41, 5.74) is 1.00. The van der Waals surface area contributed by atoms with Crippen molar-refractivity contribution in [3.8, 4) is 0 Å². The minimum atomic E-state index is 0.891. The summed E-state index contributed by atoms with van der Waals surface area (Å²) < 4.78 is 0. The molecule has 0 aromatic carbocycles. The Morgan fingerprint density at radius 1 is 1.33 bits per heavy atom. The van der Waals surface area contributed by atoms with Crippen LogP contribution in [0.4, 0.5) is 0 Å². The van der Waals surface area contributed by atoms with Crippen molar-refractivity contribution in [1.29, 1.82) is 0 Å². The van der Waals surface area contributed by atoms with E-state index in [0.717, 1.165) is 21.0 Å². The zero-order chi connectivity index (χ0) is 7.28. The molecule has 0 aromatic rings. The molecule has 0 bridgehead atoms. The van der Waals surface area contributed by atoms with Crippen molar-refractivity contribution >= 4 is 9.52 Å². The van der Waals surface area contributed by atoms with Crippen LogP contribution in [0.5, 0.6) is 0 Å². The normalized spacial score (nSPS) is 14.3. The second-order valence-corrected chi connectivity index (χ2v) is 4.42. The van der Waals surface area contributed by atoms with Crippen molar-refractivity contribution in [2.75, 3.05) is 0 Å². The van der Waals surface area contributed by atoms with Crippen LogP contribution >= 0.6 is 0 Å². The van der Waals surface area contributed by atoms with Crippen molar-refractivity contribution in [2.45, 2.75) is 45.7 Å². The second-order valence-electron chi connectivity index (χ2n) is 3.02. The van der Waals surface area contributed by atoms with E-state index < -0.39 is 0 Å². The molecule has 2 radical (unpaired) electrons. The fraction of sp³-hybridized carbons (Fsp3) is 1.00. The van der Waals surface area contributed by atoms with Gasteiger partial charge in [0, 0.05) is 9.52 Å². The van der Waals surface area contributed by atoms with Gasteiger partial charge >= 0.3 is 0 Å². The SMILES string of the molecule is CCC(CC(C)C)[Si]C. The quantitative estimate of drug-likeness (QED) is 0.529. The van der Waals surface area contributed by atoms with E-state index in [1.54, 1.807) is 0 Å². The van der Waals surface area contributed by atoms with Gasteiger partial charge in [-0.25, -0.2) is 0 Å². The molecular weight excluding hydrogens is 124 g/mol. The molecule has 1 unspecified atom stereocenters. The van der Waals surface area contributed by atoms with Crippen LogP contribution in [0.3, 0.4) is 0 Å². The molecule has 0 amide bonds. The van der Waals surface area contributed by atoms with Crippen LogP contribution in [-0.2, 0) is 0 Å². The first-order valence-corrected chi connectivity index (χ1v) is 5.45. The average molecular weight is 142 g/mol. The lowest BCUT2D eigenvalue weighted by Crippen LogP contribution is -2.02. The monoisotopic (exact) mass is 142 g/mol. The third-order valence-corrected chi connectivity index (χ3v) is 3.12. The first-order valence-electron chi connectivity index (χ1n) is 3.88. The molecule has 0 fully saturated rings. The van der Waals surface area contributed by atoms with Crippen molar-refractivity contribution in [3.05, 3.63) is 0 Å². The first-order chi connectivity index (χ1) is 4.20. The molecule has 0 N–H and O–H groups in total. The van der Waals surface area contributed by atoms with E-state index in [-0.39, 0.29) is 0 Å². The number of hydrogen-bond acceptors (Lipinski definition) is 0. The summed E-state index contributed by atoms with van der Waals surface area (Å²) in [4.78, 5) is 0. The molecular formula is C8H18Si. The highest BCUT2D eigenvalue weighted by Gasteiger charge is 2.05. The first kappa shape index (κ1) is 9.22. The highest BCUT2D eigenvalue weighted by atomic mass is 28.2. The average Bonchev–Trinajstić information content (AvgIpc) is 1.82. The summed E-state index contributed by atoms with van der Waals surface area (Å²) in [5, 5.41) is 0. The zero-order valence-electron chi connectivity index (χ0n) is 7.07. The summed E-state index contributed by atoms with van der Waals surface area (Å²) in [6.45, 7) is 9.23. The Morgan fingerprint density at radius 3 is 2.00 bits per heavy atom. The van der Waals surface area contributed by atoms with Crippen molar-refractivity contribution in [1.82, 2.24) is 0 Å². The molecule has 9 heavy (non-hydrogen) atoms. The molecule has 0 saturated carbocycles. The predicted octanol–water partition coefficient (Wildman–Crippen LogP) is 2.98. The topological polar surface area (TPSA) is 0 Å². The Kier molecular flexibility index (Phi) is 5.16. The maximum absolute atomic E-state index is 2.32. The Balaban J connectivity index is 3.31. The second kappa shape index (κ2) is 5.04. The van der Waals surface area contributed by atoms with Crippen LogP contribution in [0.1, 0.15) is 33.6 Å². The van der Waals surface area contributed by atoms with Gasteiger partial charge in [-0.2, -0.15) is 0 Å². The van der Waals surface area contributed by atoms with Gasteiger partial charge in [0.25, 0.3) is 0 Å². The van der Waals surface area contributed by atoms with Gasteiger partial charge in [-0.3, -0.25) is 0 Å². The Hall–Kier alpha value is 0.217. The third-order valence-electron chi connectivity index (χ3n) is 1.66. The van der Waals surface area contributed by atoms with E-state index in [9.17, 15) is 0 Å². The Morgan fingerprint density at radius 2 is 1.89 bits per heavy atom. The highest BCUT2D eigenvalue weighted by molar-refractivity contribution is 6.35. The lowest BCUT2D eigenvalue weighted by molar-refractivity contribution is 0.546. The van der Waals surface area contributed by atoms with Gasteiger partial charge in [0.05, 0.1) is 0 Å². The van der Waals surface area contributed by atoms with E-state index in [1.807, 2.05) is 0 Å². The van der Waals surface area contributed by atoms with Gasteiger partial charge in [-0.1, -0.05) is 40.2 Å². The van der Waals surface area contributed by atoms with Crippen LogP contribution in [0.15, 0.2) is 0 Å². The summed E-state index contributed by atoms with van der Waals surface area (Å²) in [6.07, 6.45) is 2.79. The minimum absolute atomic E-state index is 0.891. The lowest BCUT2D eigenvalue weighted by atomic mass is 10.1. The standard InChI is InChI=1S/C8H18Si/c1-5-8(9-4)6-7(2)3/h7-8H,5-6H2,1-4H3. The molecule has 0 heterocycles. The van der Waals surface area contributed by atoms with Crippen molar-refractivity contribution in [2.24, 2.45) is 5.92 Å². The van der Waals surface area contributed by atoms with Gasteiger partial charge in [0.15, 0.2) is 0 Å². The van der Waals surface area contributed by atoms with E-state index >= 15 is 0 Å². The molecule has 0 aliphatic heterocycles. The number of rotatable bonds is 4. The van der Waals surface area contributed by atoms with Crippen LogP contribution < -0.4 is 0 Å². The van der Waals surface area contributed by atoms with Crippen LogP contribution in [-0.4, -0.2) is 9.52 Å². The fourth-order valence-electron chi connectivity index (χ4n) is 1.06. The van der Waals surface area contributed by atoms with Crippen molar-refractivity contribution in [3.63, 3.8) is 0 Å². The summed E-state index contributed by atoms with van der Waals surface area (Å²) in [7, 11) is 1.14. The van der Waals surface area contributed by atoms with E-state index in [0.29, 0.717) is 0 Å². The molecule has 0 aliphatic rings.